The van der Waals surface area contributed by atoms with Crippen LogP contribution in [0.3, 0.4) is 0 Å². The molecule has 0 unspecified atom stereocenters. The van der Waals surface area contributed by atoms with Crippen molar-refractivity contribution in [3.05, 3.63) is 158 Å². The van der Waals surface area contributed by atoms with Crippen LogP contribution in [0.25, 0.3) is 107 Å². The largest absolute Gasteiger partial charge is 0.456 e. The van der Waals surface area contributed by atoms with Gasteiger partial charge in [0.25, 0.3) is 0 Å². The Morgan fingerprint density at radius 2 is 0.917 bits per heavy atom. The number of benzene rings is 9. The summed E-state index contributed by atoms with van der Waals surface area (Å²) in [5.41, 5.74) is 6.76. The molecular formula is C46H26OS. The van der Waals surface area contributed by atoms with Gasteiger partial charge in [0.1, 0.15) is 11.2 Å². The number of fused-ring (bicyclic) bond motifs is 12. The zero-order chi connectivity index (χ0) is 31.3. The minimum atomic E-state index is 0.917. The zero-order valence-electron chi connectivity index (χ0n) is 25.8. The van der Waals surface area contributed by atoms with Crippen LogP contribution >= 0.6 is 11.3 Å². The molecule has 0 aliphatic heterocycles. The van der Waals surface area contributed by atoms with Crippen LogP contribution in [0.15, 0.2) is 162 Å². The molecule has 48 heavy (non-hydrogen) atoms. The third-order valence-corrected chi connectivity index (χ3v) is 11.4. The molecule has 0 aliphatic rings. The Labute approximate surface area is 279 Å². The quantitative estimate of drug-likeness (QED) is 0.174. The smallest absolute Gasteiger partial charge is 0.136 e. The van der Waals surface area contributed by atoms with Crippen LogP contribution in [0, 0.1) is 0 Å². The molecule has 0 aliphatic carbocycles. The molecule has 0 N–H and O–H groups in total. The minimum absolute atomic E-state index is 0.917. The second-order valence-corrected chi connectivity index (χ2v) is 13.8. The Bertz CT molecular complexity index is 3060. The number of rotatable bonds is 2. The van der Waals surface area contributed by atoms with E-state index in [4.69, 9.17) is 4.42 Å². The molecule has 11 rings (SSSR count). The summed E-state index contributed by atoms with van der Waals surface area (Å²) < 4.78 is 9.35. The summed E-state index contributed by atoms with van der Waals surface area (Å²) in [7, 11) is 0. The first kappa shape index (κ1) is 26.1. The molecule has 0 spiro atoms. The van der Waals surface area contributed by atoms with Gasteiger partial charge in [-0.2, -0.15) is 0 Å². The van der Waals surface area contributed by atoms with E-state index in [9.17, 15) is 0 Å². The Morgan fingerprint density at radius 1 is 0.354 bits per heavy atom. The van der Waals surface area contributed by atoms with Gasteiger partial charge in [-0.25, -0.2) is 0 Å². The molecule has 2 aromatic heterocycles. The normalized spacial score (nSPS) is 12.2. The lowest BCUT2D eigenvalue weighted by Gasteiger charge is -2.18. The van der Waals surface area contributed by atoms with E-state index in [1.54, 1.807) is 0 Å². The van der Waals surface area contributed by atoms with Crippen LogP contribution < -0.4 is 0 Å². The molecule has 0 saturated heterocycles. The summed E-state index contributed by atoms with van der Waals surface area (Å²) in [5.74, 6) is 0. The first-order valence-electron chi connectivity index (χ1n) is 16.4. The Hall–Kier alpha value is -5.96. The number of furan rings is 1. The summed E-state index contributed by atoms with van der Waals surface area (Å²) in [6, 6.07) is 57.7. The SMILES string of the molecule is c1ccc2cc(-c3c4ccccc4c(-c4ccc5c(c4)oc4ccc6ccc7c8ccccc8sc7c6c45)c4ccccc34)ccc2c1. The fraction of sp³-hybridized carbons (Fsp3) is 0. The van der Waals surface area contributed by atoms with Gasteiger partial charge in [-0.05, 0) is 90.3 Å². The maximum absolute atomic E-state index is 6.71. The summed E-state index contributed by atoms with van der Waals surface area (Å²) in [6.07, 6.45) is 0. The highest BCUT2D eigenvalue weighted by Gasteiger charge is 2.20. The maximum atomic E-state index is 6.71. The van der Waals surface area contributed by atoms with E-state index >= 15 is 0 Å². The van der Waals surface area contributed by atoms with Gasteiger partial charge in [0.05, 0.1) is 0 Å². The molecule has 0 radical (unpaired) electrons. The minimum Gasteiger partial charge on any atom is -0.456 e. The van der Waals surface area contributed by atoms with Gasteiger partial charge in [0, 0.05) is 36.3 Å². The van der Waals surface area contributed by atoms with Crippen LogP contribution in [0.1, 0.15) is 0 Å². The molecule has 0 fully saturated rings. The molecule has 2 heterocycles. The molecule has 11 aromatic rings. The van der Waals surface area contributed by atoms with Crippen molar-refractivity contribution in [3.8, 4) is 22.3 Å². The third-order valence-electron chi connectivity index (χ3n) is 10.2. The molecule has 0 amide bonds. The number of hydrogen-bond donors (Lipinski definition) is 0. The Balaban J connectivity index is 1.19. The summed E-state index contributed by atoms with van der Waals surface area (Å²) in [5, 5.41) is 15.0. The lowest BCUT2D eigenvalue weighted by molar-refractivity contribution is 0.669. The van der Waals surface area contributed by atoms with E-state index < -0.39 is 0 Å². The van der Waals surface area contributed by atoms with E-state index in [-0.39, 0.29) is 0 Å². The van der Waals surface area contributed by atoms with Crippen LogP contribution in [-0.4, -0.2) is 0 Å². The van der Waals surface area contributed by atoms with Crippen LogP contribution in [0.2, 0.25) is 0 Å². The van der Waals surface area contributed by atoms with Gasteiger partial charge in [-0.3, -0.25) is 0 Å². The van der Waals surface area contributed by atoms with Gasteiger partial charge >= 0.3 is 0 Å². The molecule has 9 aromatic carbocycles. The van der Waals surface area contributed by atoms with E-state index in [0.29, 0.717) is 0 Å². The molecule has 0 bridgehead atoms. The molecular weight excluding hydrogens is 601 g/mol. The number of thiophene rings is 1. The monoisotopic (exact) mass is 626 g/mol. The van der Waals surface area contributed by atoms with Crippen molar-refractivity contribution in [2.24, 2.45) is 0 Å². The second-order valence-electron chi connectivity index (χ2n) is 12.8. The zero-order valence-corrected chi connectivity index (χ0v) is 26.6. The highest BCUT2D eigenvalue weighted by atomic mass is 32.1. The topological polar surface area (TPSA) is 13.1 Å². The van der Waals surface area contributed by atoms with Crippen LogP contribution in [0.4, 0.5) is 0 Å². The first-order chi connectivity index (χ1) is 23.8. The average molecular weight is 627 g/mol. The predicted molar refractivity (Wildman–Crippen MR) is 208 cm³/mol. The third kappa shape index (κ3) is 3.61. The second kappa shape index (κ2) is 9.78. The maximum Gasteiger partial charge on any atom is 0.136 e. The van der Waals surface area contributed by atoms with Crippen molar-refractivity contribution in [1.29, 1.82) is 0 Å². The predicted octanol–water partition coefficient (Wildman–Crippen LogP) is 13.9. The van der Waals surface area contributed by atoms with E-state index in [2.05, 4.69) is 158 Å². The van der Waals surface area contributed by atoms with Gasteiger partial charge < -0.3 is 4.42 Å². The van der Waals surface area contributed by atoms with Crippen molar-refractivity contribution in [2.45, 2.75) is 0 Å². The molecule has 2 heteroatoms. The highest BCUT2D eigenvalue weighted by Crippen LogP contribution is 2.47. The lowest BCUT2D eigenvalue weighted by Crippen LogP contribution is -1.91. The van der Waals surface area contributed by atoms with Gasteiger partial charge in [0.15, 0.2) is 0 Å². The van der Waals surface area contributed by atoms with Crippen molar-refractivity contribution in [1.82, 2.24) is 0 Å². The summed E-state index contributed by atoms with van der Waals surface area (Å²) in [6.45, 7) is 0. The van der Waals surface area contributed by atoms with Crippen molar-refractivity contribution in [3.63, 3.8) is 0 Å². The van der Waals surface area contributed by atoms with Crippen molar-refractivity contribution in [2.75, 3.05) is 0 Å². The average Bonchev–Trinajstić information content (AvgIpc) is 3.71. The van der Waals surface area contributed by atoms with Gasteiger partial charge in [0.2, 0.25) is 0 Å². The highest BCUT2D eigenvalue weighted by molar-refractivity contribution is 7.26. The molecule has 0 atom stereocenters. The van der Waals surface area contributed by atoms with E-state index in [1.807, 2.05) is 11.3 Å². The Morgan fingerprint density at radius 3 is 1.67 bits per heavy atom. The van der Waals surface area contributed by atoms with E-state index in [1.165, 1.54) is 85.3 Å². The van der Waals surface area contributed by atoms with Gasteiger partial charge in [-0.1, -0.05) is 127 Å². The van der Waals surface area contributed by atoms with Crippen LogP contribution in [-0.2, 0) is 0 Å². The molecule has 222 valence electrons. The first-order valence-corrected chi connectivity index (χ1v) is 17.2. The lowest BCUT2D eigenvalue weighted by atomic mass is 9.85. The summed E-state index contributed by atoms with van der Waals surface area (Å²) in [4.78, 5) is 0. The van der Waals surface area contributed by atoms with Crippen molar-refractivity contribution < 1.29 is 4.42 Å². The summed E-state index contributed by atoms with van der Waals surface area (Å²) >= 11 is 1.88. The fourth-order valence-corrected chi connectivity index (χ4v) is 9.37. The molecule has 0 saturated carbocycles. The molecule has 1 nitrogen and oxygen atoms in total. The van der Waals surface area contributed by atoms with Gasteiger partial charge in [-0.15, -0.1) is 11.3 Å². The fourth-order valence-electron chi connectivity index (χ4n) is 8.11. The Kier molecular flexibility index (Phi) is 5.32. The standard InChI is InChI=1S/C46H26OS/c1-2-10-29-25-30(18-17-27(29)9-1)42-33-12-3-5-14-35(33)43(36-15-6-4-13-34(36)42)31-20-23-38-40(26-31)47-39-24-21-28-19-22-37-32-11-7-8-16-41(32)48-46(37)44(28)45(38)39/h1-26H. The number of hydrogen-bond acceptors (Lipinski definition) is 2. The van der Waals surface area contributed by atoms with Crippen LogP contribution in [0.5, 0.6) is 0 Å². The van der Waals surface area contributed by atoms with Crippen molar-refractivity contribution >= 4 is 96.5 Å². The van der Waals surface area contributed by atoms with E-state index in [0.717, 1.165) is 22.1 Å².